The predicted octanol–water partition coefficient (Wildman–Crippen LogP) is 3.85. The Morgan fingerprint density at radius 2 is 0.531 bits per heavy atom. The zero-order valence-corrected chi connectivity index (χ0v) is 20.6. The van der Waals surface area contributed by atoms with E-state index in [9.17, 15) is 14.4 Å². The molecule has 0 radical (unpaired) electrons. The van der Waals surface area contributed by atoms with E-state index in [1.165, 1.54) is 41.9 Å². The van der Waals surface area contributed by atoms with Crippen molar-refractivity contribution >= 4 is 18.5 Å². The van der Waals surface area contributed by atoms with Gasteiger partial charge in [0.05, 0.1) is 12.2 Å². The first-order valence-electron chi connectivity index (χ1n) is 10.5. The standard InChI is InChI=1S/C21H38O11/c1-11(25-9)13(3)27-19(22)29-15(5)17(7)31-21(24)32-18(8)16(6)30-20(23)28-14(4)12(2)26-10/h11-18H,1-10H3/t11-,12-,13+,14?,15?,16+,17-,18?/m0/s1. The molecule has 0 aromatic heterocycles. The summed E-state index contributed by atoms with van der Waals surface area (Å²) in [7, 11) is 3.00. The van der Waals surface area contributed by atoms with Gasteiger partial charge in [0, 0.05) is 14.2 Å². The molecule has 32 heavy (non-hydrogen) atoms. The third-order valence-electron chi connectivity index (χ3n) is 5.08. The molecule has 0 aliphatic rings. The quantitative estimate of drug-likeness (QED) is 0.307. The average Bonchev–Trinajstić information content (AvgIpc) is 2.71. The van der Waals surface area contributed by atoms with Crippen LogP contribution in [0.25, 0.3) is 0 Å². The zero-order valence-electron chi connectivity index (χ0n) is 20.6. The molecule has 0 spiro atoms. The molecule has 0 aliphatic heterocycles. The summed E-state index contributed by atoms with van der Waals surface area (Å²) in [4.78, 5) is 35.7. The van der Waals surface area contributed by atoms with Crippen LogP contribution in [0.15, 0.2) is 0 Å². The van der Waals surface area contributed by atoms with Crippen molar-refractivity contribution in [3.05, 3.63) is 0 Å². The highest BCUT2D eigenvalue weighted by molar-refractivity contribution is 5.62. The molecule has 0 saturated heterocycles. The number of carbonyl (C=O) groups is 3. The molecule has 188 valence electrons. The number of carbonyl (C=O) groups excluding carboxylic acids is 3. The van der Waals surface area contributed by atoms with E-state index in [0.717, 1.165) is 0 Å². The lowest BCUT2D eigenvalue weighted by molar-refractivity contribution is -0.0860. The molecule has 8 atom stereocenters. The van der Waals surface area contributed by atoms with Gasteiger partial charge in [0.2, 0.25) is 0 Å². The number of methoxy groups -OCH3 is 2. The van der Waals surface area contributed by atoms with Gasteiger partial charge in [0.1, 0.15) is 36.6 Å². The zero-order chi connectivity index (χ0) is 25.0. The minimum absolute atomic E-state index is 0.309. The van der Waals surface area contributed by atoms with Crippen LogP contribution in [0, 0.1) is 0 Å². The van der Waals surface area contributed by atoms with E-state index >= 15 is 0 Å². The number of hydrogen-bond acceptors (Lipinski definition) is 11. The Bertz CT molecular complexity index is 534. The van der Waals surface area contributed by atoms with E-state index in [1.807, 2.05) is 0 Å². The molecule has 3 unspecified atom stereocenters. The van der Waals surface area contributed by atoms with Crippen molar-refractivity contribution < 1.29 is 52.3 Å². The normalized spacial score (nSPS) is 18.6. The Balaban J connectivity index is 4.45. The molecule has 0 saturated carbocycles. The van der Waals surface area contributed by atoms with E-state index in [0.29, 0.717) is 0 Å². The average molecular weight is 467 g/mol. The summed E-state index contributed by atoms with van der Waals surface area (Å²) in [6.45, 7) is 13.0. The molecule has 0 amide bonds. The predicted molar refractivity (Wildman–Crippen MR) is 112 cm³/mol. The van der Waals surface area contributed by atoms with Crippen molar-refractivity contribution in [3.8, 4) is 0 Å². The van der Waals surface area contributed by atoms with Gasteiger partial charge < -0.3 is 37.9 Å². The monoisotopic (exact) mass is 466 g/mol. The van der Waals surface area contributed by atoms with Gasteiger partial charge in [-0.05, 0) is 55.4 Å². The van der Waals surface area contributed by atoms with Crippen LogP contribution in [0.1, 0.15) is 55.4 Å². The molecule has 0 bridgehead atoms. The van der Waals surface area contributed by atoms with Crippen LogP contribution >= 0.6 is 0 Å². The van der Waals surface area contributed by atoms with Gasteiger partial charge in [-0.1, -0.05) is 0 Å². The molecule has 0 aliphatic carbocycles. The van der Waals surface area contributed by atoms with Gasteiger partial charge in [-0.3, -0.25) is 0 Å². The van der Waals surface area contributed by atoms with E-state index in [4.69, 9.17) is 37.9 Å². The molecule has 0 N–H and O–H groups in total. The van der Waals surface area contributed by atoms with E-state index in [2.05, 4.69) is 0 Å². The number of rotatable bonds is 12. The topological polar surface area (TPSA) is 125 Å². The molecular formula is C21H38O11. The Morgan fingerprint density at radius 1 is 0.375 bits per heavy atom. The lowest BCUT2D eigenvalue weighted by Crippen LogP contribution is -2.36. The largest absolute Gasteiger partial charge is 0.509 e. The first-order valence-corrected chi connectivity index (χ1v) is 10.5. The van der Waals surface area contributed by atoms with Crippen LogP contribution < -0.4 is 0 Å². The summed E-state index contributed by atoms with van der Waals surface area (Å²) >= 11 is 0. The maximum atomic E-state index is 12.0. The molecule has 11 heteroatoms. The van der Waals surface area contributed by atoms with Gasteiger partial charge in [0.25, 0.3) is 0 Å². The van der Waals surface area contributed by atoms with Gasteiger partial charge in [-0.15, -0.1) is 0 Å². The number of ether oxygens (including phenoxy) is 8. The van der Waals surface area contributed by atoms with Gasteiger partial charge in [-0.2, -0.15) is 0 Å². The summed E-state index contributed by atoms with van der Waals surface area (Å²) in [6, 6.07) is 0. The SMILES string of the molecule is CO[C@@H](C)C(C)OC(=O)O[C@H](C)C(C)OC(=O)O[C@@H](C)C(C)OC(=O)O[C@H](C)[C@H](C)OC. The van der Waals surface area contributed by atoms with Crippen LogP contribution in [-0.2, 0) is 37.9 Å². The van der Waals surface area contributed by atoms with E-state index in [1.54, 1.807) is 27.7 Å². The summed E-state index contributed by atoms with van der Waals surface area (Å²) < 4.78 is 40.7. The maximum Gasteiger partial charge on any atom is 0.509 e. The Morgan fingerprint density at radius 3 is 0.688 bits per heavy atom. The highest BCUT2D eigenvalue weighted by Crippen LogP contribution is 2.12. The summed E-state index contributed by atoms with van der Waals surface area (Å²) in [6.07, 6.45) is -7.75. The van der Waals surface area contributed by atoms with Crippen LogP contribution in [0.3, 0.4) is 0 Å². The van der Waals surface area contributed by atoms with Crippen molar-refractivity contribution in [2.45, 2.75) is 104 Å². The third kappa shape index (κ3) is 11.4. The lowest BCUT2D eigenvalue weighted by Gasteiger charge is -2.25. The molecule has 0 heterocycles. The first-order chi connectivity index (χ1) is 14.8. The molecule has 11 nitrogen and oxygen atoms in total. The van der Waals surface area contributed by atoms with Crippen LogP contribution in [0.5, 0.6) is 0 Å². The maximum absolute atomic E-state index is 12.0. The fraction of sp³-hybridized carbons (Fsp3) is 0.857. The van der Waals surface area contributed by atoms with E-state index < -0.39 is 55.1 Å². The van der Waals surface area contributed by atoms with Gasteiger partial charge >= 0.3 is 18.5 Å². The fourth-order valence-corrected chi connectivity index (χ4v) is 1.95. The first kappa shape index (κ1) is 29.7. The second-order valence-corrected chi connectivity index (χ2v) is 7.57. The minimum atomic E-state index is -1.01. The molecule has 0 aromatic carbocycles. The van der Waals surface area contributed by atoms with Gasteiger partial charge in [0.15, 0.2) is 0 Å². The Kier molecular flexibility index (Phi) is 13.7. The molecular weight excluding hydrogens is 428 g/mol. The summed E-state index contributed by atoms with van der Waals surface area (Å²) in [5, 5.41) is 0. The van der Waals surface area contributed by atoms with Gasteiger partial charge in [-0.25, -0.2) is 14.4 Å². The highest BCUT2D eigenvalue weighted by Gasteiger charge is 2.28. The van der Waals surface area contributed by atoms with Crippen LogP contribution in [0.2, 0.25) is 0 Å². The van der Waals surface area contributed by atoms with Crippen LogP contribution in [0.4, 0.5) is 14.4 Å². The Hall–Kier alpha value is -2.27. The second kappa shape index (κ2) is 14.7. The smallest absolute Gasteiger partial charge is 0.429 e. The van der Waals surface area contributed by atoms with Crippen molar-refractivity contribution in [1.29, 1.82) is 0 Å². The molecule has 0 fully saturated rings. The summed E-state index contributed by atoms with van der Waals surface area (Å²) in [5.74, 6) is 0. The fourth-order valence-electron chi connectivity index (χ4n) is 1.95. The van der Waals surface area contributed by atoms with E-state index in [-0.39, 0.29) is 12.2 Å². The molecule has 0 rings (SSSR count). The highest BCUT2D eigenvalue weighted by atomic mass is 16.8. The van der Waals surface area contributed by atoms with Crippen molar-refractivity contribution in [3.63, 3.8) is 0 Å². The number of hydrogen-bond donors (Lipinski definition) is 0. The van der Waals surface area contributed by atoms with Crippen molar-refractivity contribution in [1.82, 2.24) is 0 Å². The van der Waals surface area contributed by atoms with Crippen molar-refractivity contribution in [2.24, 2.45) is 0 Å². The Labute approximate surface area is 189 Å². The lowest BCUT2D eigenvalue weighted by atomic mass is 10.2. The molecule has 0 aromatic rings. The second-order valence-electron chi connectivity index (χ2n) is 7.57. The van der Waals surface area contributed by atoms with Crippen molar-refractivity contribution in [2.75, 3.05) is 14.2 Å². The third-order valence-corrected chi connectivity index (χ3v) is 5.08. The summed E-state index contributed by atoms with van der Waals surface area (Å²) in [5.41, 5.74) is 0. The van der Waals surface area contributed by atoms with Crippen LogP contribution in [-0.4, -0.2) is 81.5 Å². The minimum Gasteiger partial charge on any atom is -0.429 e.